The van der Waals surface area contributed by atoms with E-state index in [1.807, 2.05) is 17.8 Å². The molecule has 1 N–H and O–H groups in total. The lowest BCUT2D eigenvalue weighted by Crippen LogP contribution is -2.34. The van der Waals surface area contributed by atoms with Gasteiger partial charge in [-0.15, -0.1) is 0 Å². The number of rotatable bonds is 4. The molecular weight excluding hydrogens is 230 g/mol. The third kappa shape index (κ3) is 2.90. The van der Waals surface area contributed by atoms with Gasteiger partial charge in [-0.25, -0.2) is 4.98 Å². The van der Waals surface area contributed by atoms with Gasteiger partial charge in [-0.2, -0.15) is 0 Å². The Morgan fingerprint density at radius 2 is 2.17 bits per heavy atom. The molecule has 1 aliphatic heterocycles. The first-order valence-electron chi connectivity index (χ1n) is 6.45. The van der Waals surface area contributed by atoms with Crippen LogP contribution in [-0.2, 0) is 11.8 Å². The number of aryl methyl sites for hydroxylation is 1. The zero-order valence-corrected chi connectivity index (χ0v) is 11.0. The van der Waals surface area contributed by atoms with Crippen molar-refractivity contribution in [3.05, 3.63) is 18.2 Å². The molecule has 0 amide bonds. The lowest BCUT2D eigenvalue weighted by atomic mass is 9.82. The van der Waals surface area contributed by atoms with E-state index in [-0.39, 0.29) is 12.3 Å². The van der Waals surface area contributed by atoms with Crippen LogP contribution >= 0.6 is 0 Å². The van der Waals surface area contributed by atoms with E-state index in [4.69, 9.17) is 5.11 Å². The Balaban J connectivity index is 2.15. The second-order valence-corrected chi connectivity index (χ2v) is 5.24. The maximum atomic E-state index is 11.1. The summed E-state index contributed by atoms with van der Waals surface area (Å²) in [5.74, 6) is 0.642. The summed E-state index contributed by atoms with van der Waals surface area (Å²) >= 11 is 0. The number of nitrogens with zero attached hydrogens (tertiary/aromatic N) is 3. The molecule has 1 fully saturated rings. The lowest BCUT2D eigenvalue weighted by Gasteiger charge is -2.33. The monoisotopic (exact) mass is 251 g/mol. The normalized spacial score (nSPS) is 19.9. The van der Waals surface area contributed by atoms with Crippen LogP contribution in [0.3, 0.4) is 0 Å². The topological polar surface area (TPSA) is 58.4 Å². The molecule has 1 unspecified atom stereocenters. The lowest BCUT2D eigenvalue weighted by molar-refractivity contribution is -0.138. The van der Waals surface area contributed by atoms with Crippen molar-refractivity contribution in [2.75, 3.05) is 20.1 Å². The van der Waals surface area contributed by atoms with Crippen LogP contribution in [0.15, 0.2) is 12.4 Å². The first kappa shape index (κ1) is 13.1. The number of hydrogen-bond donors (Lipinski definition) is 1. The molecule has 0 radical (unpaired) electrons. The Kier molecular flexibility index (Phi) is 4.01. The third-order valence-electron chi connectivity index (χ3n) is 3.92. The van der Waals surface area contributed by atoms with E-state index < -0.39 is 5.97 Å². The Morgan fingerprint density at radius 3 is 2.67 bits per heavy atom. The molecule has 0 aromatic carbocycles. The van der Waals surface area contributed by atoms with E-state index in [0.717, 1.165) is 31.8 Å². The number of aliphatic carboxylic acids is 1. The van der Waals surface area contributed by atoms with E-state index in [9.17, 15) is 4.79 Å². The summed E-state index contributed by atoms with van der Waals surface area (Å²) in [6.45, 7) is 2.09. The number of carbonyl (C=O) groups is 1. The van der Waals surface area contributed by atoms with Gasteiger partial charge in [0.05, 0.1) is 6.42 Å². The van der Waals surface area contributed by atoms with Gasteiger partial charge >= 0.3 is 5.97 Å². The molecule has 0 spiro atoms. The second-order valence-electron chi connectivity index (χ2n) is 5.24. The molecule has 5 heteroatoms. The highest BCUT2D eigenvalue weighted by molar-refractivity contribution is 5.67. The van der Waals surface area contributed by atoms with Crippen LogP contribution in [0.5, 0.6) is 0 Å². The van der Waals surface area contributed by atoms with E-state index in [0.29, 0.717) is 5.92 Å². The van der Waals surface area contributed by atoms with E-state index in [1.54, 1.807) is 6.20 Å². The highest BCUT2D eigenvalue weighted by atomic mass is 16.4. The van der Waals surface area contributed by atoms with Crippen molar-refractivity contribution in [3.8, 4) is 0 Å². The minimum atomic E-state index is -0.734. The van der Waals surface area contributed by atoms with E-state index >= 15 is 0 Å². The smallest absolute Gasteiger partial charge is 0.304 e. The first-order valence-corrected chi connectivity index (χ1v) is 6.45. The maximum absolute atomic E-state index is 11.1. The molecule has 0 bridgehead atoms. The van der Waals surface area contributed by atoms with Gasteiger partial charge in [0.1, 0.15) is 5.82 Å². The Bertz CT molecular complexity index is 408. The largest absolute Gasteiger partial charge is 0.481 e. The number of carboxylic acids is 1. The molecule has 5 nitrogen and oxygen atoms in total. The number of imidazole rings is 1. The molecule has 18 heavy (non-hydrogen) atoms. The number of carboxylic acid groups (broad SMARTS) is 1. The SMILES string of the molecule is CN1CCC(C(CC(=O)O)c2nccn2C)CC1. The molecule has 1 aromatic rings. The Labute approximate surface area is 107 Å². The molecule has 2 rings (SSSR count). The highest BCUT2D eigenvalue weighted by Gasteiger charge is 2.30. The first-order chi connectivity index (χ1) is 8.58. The minimum absolute atomic E-state index is 0.0381. The van der Waals surface area contributed by atoms with Crippen LogP contribution in [0.25, 0.3) is 0 Å². The fraction of sp³-hybridized carbons (Fsp3) is 0.692. The summed E-state index contributed by atoms with van der Waals surface area (Å²) in [6.07, 6.45) is 5.93. The van der Waals surface area contributed by atoms with E-state index in [1.165, 1.54) is 0 Å². The van der Waals surface area contributed by atoms with Crippen LogP contribution in [0.2, 0.25) is 0 Å². The van der Waals surface area contributed by atoms with Gasteiger partial charge in [0.25, 0.3) is 0 Å². The summed E-state index contributed by atoms with van der Waals surface area (Å²) in [7, 11) is 4.05. The zero-order valence-electron chi connectivity index (χ0n) is 11.0. The standard InChI is InChI=1S/C13H21N3O2/c1-15-6-3-10(4-7-15)11(9-12(17)18)13-14-5-8-16(13)2/h5,8,10-11H,3-4,6-7,9H2,1-2H3,(H,17,18). The fourth-order valence-corrected chi connectivity index (χ4v) is 2.82. The molecule has 1 aromatic heterocycles. The molecule has 0 aliphatic carbocycles. The van der Waals surface area contributed by atoms with Crippen molar-refractivity contribution in [2.24, 2.45) is 13.0 Å². The van der Waals surface area contributed by atoms with Gasteiger partial charge < -0.3 is 14.6 Å². The summed E-state index contributed by atoms with van der Waals surface area (Å²) in [5, 5.41) is 9.11. The molecule has 1 aliphatic rings. The van der Waals surface area contributed by atoms with Crippen molar-refractivity contribution in [2.45, 2.75) is 25.2 Å². The molecule has 0 saturated carbocycles. The average Bonchev–Trinajstić information content (AvgIpc) is 2.73. The van der Waals surface area contributed by atoms with Crippen molar-refractivity contribution in [1.82, 2.24) is 14.5 Å². The quantitative estimate of drug-likeness (QED) is 0.877. The molecular formula is C13H21N3O2. The van der Waals surface area contributed by atoms with Crippen molar-refractivity contribution in [1.29, 1.82) is 0 Å². The van der Waals surface area contributed by atoms with Gasteiger partial charge in [-0.1, -0.05) is 0 Å². The number of aromatic nitrogens is 2. The number of piperidine rings is 1. The third-order valence-corrected chi connectivity index (χ3v) is 3.92. The van der Waals surface area contributed by atoms with Crippen molar-refractivity contribution in [3.63, 3.8) is 0 Å². The van der Waals surface area contributed by atoms with Gasteiger partial charge in [-0.3, -0.25) is 4.79 Å². The van der Waals surface area contributed by atoms with Gasteiger partial charge in [-0.05, 0) is 38.9 Å². The predicted molar refractivity (Wildman–Crippen MR) is 68.4 cm³/mol. The Morgan fingerprint density at radius 1 is 1.50 bits per heavy atom. The van der Waals surface area contributed by atoms with Crippen LogP contribution in [0.1, 0.15) is 31.0 Å². The van der Waals surface area contributed by atoms with Crippen LogP contribution < -0.4 is 0 Å². The van der Waals surface area contributed by atoms with Crippen molar-refractivity contribution >= 4 is 5.97 Å². The van der Waals surface area contributed by atoms with Gasteiger partial charge in [0.15, 0.2) is 0 Å². The predicted octanol–water partition coefficient (Wildman–Crippen LogP) is 1.32. The maximum Gasteiger partial charge on any atom is 0.304 e. The van der Waals surface area contributed by atoms with Gasteiger partial charge in [0.2, 0.25) is 0 Å². The van der Waals surface area contributed by atoms with E-state index in [2.05, 4.69) is 16.9 Å². The summed E-state index contributed by atoms with van der Waals surface area (Å²) in [6, 6.07) is 0. The van der Waals surface area contributed by atoms with Gasteiger partial charge in [0, 0.05) is 25.4 Å². The Hall–Kier alpha value is -1.36. The summed E-state index contributed by atoms with van der Waals surface area (Å²) < 4.78 is 1.95. The molecule has 100 valence electrons. The number of likely N-dealkylation sites (tertiary alicyclic amines) is 1. The van der Waals surface area contributed by atoms with Crippen LogP contribution in [-0.4, -0.2) is 45.7 Å². The average molecular weight is 251 g/mol. The molecule has 1 saturated heterocycles. The van der Waals surface area contributed by atoms with Crippen molar-refractivity contribution < 1.29 is 9.90 Å². The minimum Gasteiger partial charge on any atom is -0.481 e. The highest BCUT2D eigenvalue weighted by Crippen LogP contribution is 2.34. The zero-order chi connectivity index (χ0) is 13.1. The fourth-order valence-electron chi connectivity index (χ4n) is 2.82. The molecule has 1 atom stereocenters. The summed E-state index contributed by atoms with van der Waals surface area (Å²) in [4.78, 5) is 17.7. The van der Waals surface area contributed by atoms with Crippen LogP contribution in [0.4, 0.5) is 0 Å². The second kappa shape index (κ2) is 5.52. The van der Waals surface area contributed by atoms with Crippen LogP contribution in [0, 0.1) is 5.92 Å². The summed E-state index contributed by atoms with van der Waals surface area (Å²) in [5.41, 5.74) is 0. The number of hydrogen-bond acceptors (Lipinski definition) is 3. The molecule has 2 heterocycles.